The van der Waals surface area contributed by atoms with E-state index in [1.54, 1.807) is 0 Å². The topological polar surface area (TPSA) is 23.6 Å². The summed E-state index contributed by atoms with van der Waals surface area (Å²) in [6, 6.07) is 19.5. The third kappa shape index (κ3) is 4.47. The molecule has 0 unspecified atom stereocenters. The van der Waals surface area contributed by atoms with Crippen molar-refractivity contribution in [2.75, 3.05) is 26.2 Å². The van der Waals surface area contributed by atoms with Crippen LogP contribution in [0.1, 0.15) is 17.2 Å². The lowest BCUT2D eigenvalue weighted by Crippen LogP contribution is -2.53. The monoisotopic (exact) mass is 380 g/mol. The van der Waals surface area contributed by atoms with Crippen LogP contribution in [0.2, 0.25) is 0 Å². The number of carbonyl (C=O) groups excluding carboxylic acids is 1. The molecule has 0 bridgehead atoms. The summed E-state index contributed by atoms with van der Waals surface area (Å²) in [6.45, 7) is 0.854. The van der Waals surface area contributed by atoms with Gasteiger partial charge in [0.1, 0.15) is 0 Å². The van der Waals surface area contributed by atoms with Crippen molar-refractivity contribution < 1.29 is 22.4 Å². The summed E-state index contributed by atoms with van der Waals surface area (Å²) in [6.07, 6.45) is -8.62. The van der Waals surface area contributed by atoms with Crippen molar-refractivity contribution in [1.82, 2.24) is 9.80 Å². The van der Waals surface area contributed by atoms with Crippen molar-refractivity contribution in [3.8, 4) is 0 Å². The van der Waals surface area contributed by atoms with Gasteiger partial charge in [0.25, 0.3) is 12.1 Å². The standard InChI is InChI=1S/C20H20F4N2O/c21-18(20(22,23)24)19(27)26-13-11-25(12-14-26)17(15-7-3-1-4-8-15)16-9-5-2-6-10-16/h1-10,17-18H,11-14H2/t18-/m0/s1. The van der Waals surface area contributed by atoms with Gasteiger partial charge in [0.05, 0.1) is 6.04 Å². The van der Waals surface area contributed by atoms with E-state index < -0.39 is 18.3 Å². The normalized spacial score (nSPS) is 17.1. The van der Waals surface area contributed by atoms with E-state index in [9.17, 15) is 22.4 Å². The maximum Gasteiger partial charge on any atom is 0.428 e. The van der Waals surface area contributed by atoms with Gasteiger partial charge < -0.3 is 4.90 Å². The fourth-order valence-electron chi connectivity index (χ4n) is 3.39. The Morgan fingerprint density at radius 3 is 1.67 bits per heavy atom. The summed E-state index contributed by atoms with van der Waals surface area (Å²) in [7, 11) is 0. The van der Waals surface area contributed by atoms with Gasteiger partial charge in [-0.15, -0.1) is 0 Å². The van der Waals surface area contributed by atoms with Crippen molar-refractivity contribution >= 4 is 5.91 Å². The van der Waals surface area contributed by atoms with E-state index in [1.807, 2.05) is 60.7 Å². The van der Waals surface area contributed by atoms with Crippen molar-refractivity contribution in [3.05, 3.63) is 71.8 Å². The molecule has 1 fully saturated rings. The van der Waals surface area contributed by atoms with Crippen LogP contribution in [0.15, 0.2) is 60.7 Å². The summed E-state index contributed by atoms with van der Waals surface area (Å²) in [4.78, 5) is 14.8. The first-order valence-electron chi connectivity index (χ1n) is 8.71. The second-order valence-electron chi connectivity index (χ2n) is 6.49. The summed E-state index contributed by atoms with van der Waals surface area (Å²) in [5, 5.41) is 0. The minimum absolute atomic E-state index is 0.0610. The Kier molecular flexibility index (Phi) is 5.79. The molecule has 3 nitrogen and oxygen atoms in total. The molecule has 1 aliphatic rings. The molecule has 3 rings (SSSR count). The summed E-state index contributed by atoms with van der Waals surface area (Å²) in [5.74, 6) is -1.50. The van der Waals surface area contributed by atoms with E-state index in [4.69, 9.17) is 0 Å². The molecule has 7 heteroatoms. The second kappa shape index (κ2) is 8.08. The first kappa shape index (κ1) is 19.4. The highest BCUT2D eigenvalue weighted by molar-refractivity contribution is 5.81. The Bertz CT molecular complexity index is 704. The zero-order valence-corrected chi connectivity index (χ0v) is 14.6. The van der Waals surface area contributed by atoms with Crippen LogP contribution in [0, 0.1) is 0 Å². The Labute approximate surface area is 155 Å². The molecule has 27 heavy (non-hydrogen) atoms. The van der Waals surface area contributed by atoms with Crippen LogP contribution in [0.4, 0.5) is 17.6 Å². The first-order valence-corrected chi connectivity index (χ1v) is 8.71. The minimum Gasteiger partial charge on any atom is -0.337 e. The molecule has 1 aliphatic heterocycles. The van der Waals surface area contributed by atoms with E-state index in [0.29, 0.717) is 13.1 Å². The number of rotatable bonds is 4. The lowest BCUT2D eigenvalue weighted by atomic mass is 9.96. The zero-order chi connectivity index (χ0) is 19.4. The van der Waals surface area contributed by atoms with Crippen molar-refractivity contribution in [2.24, 2.45) is 0 Å². The van der Waals surface area contributed by atoms with Gasteiger partial charge in [-0.2, -0.15) is 13.2 Å². The number of nitrogens with zero attached hydrogens (tertiary/aromatic N) is 2. The largest absolute Gasteiger partial charge is 0.428 e. The molecule has 1 atom stereocenters. The minimum atomic E-state index is -5.16. The van der Waals surface area contributed by atoms with Crippen LogP contribution in [0.25, 0.3) is 0 Å². The van der Waals surface area contributed by atoms with E-state index >= 15 is 0 Å². The Morgan fingerprint density at radius 2 is 1.26 bits per heavy atom. The molecule has 2 aromatic rings. The number of piperazine rings is 1. The predicted molar refractivity (Wildman–Crippen MR) is 93.8 cm³/mol. The SMILES string of the molecule is O=C([C@H](F)C(F)(F)F)N1CCN(C(c2ccccc2)c2ccccc2)CC1. The number of carbonyl (C=O) groups is 1. The number of benzene rings is 2. The second-order valence-corrected chi connectivity index (χ2v) is 6.49. The Morgan fingerprint density at radius 1 is 0.815 bits per heavy atom. The van der Waals surface area contributed by atoms with Crippen LogP contribution in [-0.4, -0.2) is 54.2 Å². The average molecular weight is 380 g/mol. The molecular formula is C20H20F4N2O. The third-order valence-corrected chi connectivity index (χ3v) is 4.73. The number of hydrogen-bond donors (Lipinski definition) is 0. The average Bonchev–Trinajstić information content (AvgIpc) is 2.68. The Balaban J connectivity index is 1.75. The van der Waals surface area contributed by atoms with Crippen LogP contribution < -0.4 is 0 Å². The highest BCUT2D eigenvalue weighted by Gasteiger charge is 2.47. The van der Waals surface area contributed by atoms with E-state index in [0.717, 1.165) is 16.0 Å². The molecule has 0 saturated carbocycles. The van der Waals surface area contributed by atoms with Crippen molar-refractivity contribution in [3.63, 3.8) is 0 Å². The molecule has 0 N–H and O–H groups in total. The third-order valence-electron chi connectivity index (χ3n) is 4.73. The fourth-order valence-corrected chi connectivity index (χ4v) is 3.39. The first-order chi connectivity index (χ1) is 12.9. The van der Waals surface area contributed by atoms with Gasteiger partial charge in [0.2, 0.25) is 0 Å². The lowest BCUT2D eigenvalue weighted by molar-refractivity contribution is -0.193. The van der Waals surface area contributed by atoms with Gasteiger partial charge in [-0.1, -0.05) is 60.7 Å². The molecule has 1 amide bonds. The molecule has 2 aromatic carbocycles. The maximum absolute atomic E-state index is 13.3. The van der Waals surface area contributed by atoms with E-state index in [-0.39, 0.29) is 19.1 Å². The van der Waals surface area contributed by atoms with Crippen LogP contribution >= 0.6 is 0 Å². The van der Waals surface area contributed by atoms with E-state index in [1.165, 1.54) is 0 Å². The quantitative estimate of drug-likeness (QED) is 0.753. The highest BCUT2D eigenvalue weighted by Crippen LogP contribution is 2.30. The van der Waals surface area contributed by atoms with Crippen molar-refractivity contribution in [1.29, 1.82) is 0 Å². The molecule has 0 radical (unpaired) electrons. The van der Waals surface area contributed by atoms with E-state index in [2.05, 4.69) is 4.90 Å². The summed E-state index contributed by atoms with van der Waals surface area (Å²) >= 11 is 0. The molecular weight excluding hydrogens is 360 g/mol. The van der Waals surface area contributed by atoms with Gasteiger partial charge in [0, 0.05) is 26.2 Å². The highest BCUT2D eigenvalue weighted by atomic mass is 19.4. The van der Waals surface area contributed by atoms with Gasteiger partial charge in [-0.05, 0) is 11.1 Å². The molecule has 0 aromatic heterocycles. The maximum atomic E-state index is 13.3. The fraction of sp³-hybridized carbons (Fsp3) is 0.350. The van der Waals surface area contributed by atoms with Crippen molar-refractivity contribution in [2.45, 2.75) is 18.4 Å². The number of halogens is 4. The van der Waals surface area contributed by atoms with Crippen LogP contribution in [0.3, 0.4) is 0 Å². The molecule has 0 aliphatic carbocycles. The molecule has 1 saturated heterocycles. The van der Waals surface area contributed by atoms with Gasteiger partial charge in [-0.3, -0.25) is 9.69 Å². The van der Waals surface area contributed by atoms with Gasteiger partial charge >= 0.3 is 6.18 Å². The molecule has 1 heterocycles. The summed E-state index contributed by atoms with van der Waals surface area (Å²) in [5.41, 5.74) is 2.12. The number of hydrogen-bond acceptors (Lipinski definition) is 2. The van der Waals surface area contributed by atoms with Crippen LogP contribution in [-0.2, 0) is 4.79 Å². The van der Waals surface area contributed by atoms with Gasteiger partial charge in [0.15, 0.2) is 0 Å². The Hall–Kier alpha value is -2.41. The smallest absolute Gasteiger partial charge is 0.337 e. The van der Waals surface area contributed by atoms with Crippen LogP contribution in [0.5, 0.6) is 0 Å². The molecule has 144 valence electrons. The predicted octanol–water partition coefficient (Wildman–Crippen LogP) is 3.82. The van der Waals surface area contributed by atoms with Gasteiger partial charge in [-0.25, -0.2) is 4.39 Å². The summed E-state index contributed by atoms with van der Waals surface area (Å²) < 4.78 is 50.8. The number of alkyl halides is 4. The molecule has 0 spiro atoms. The number of amides is 1. The zero-order valence-electron chi connectivity index (χ0n) is 14.6. The lowest BCUT2D eigenvalue weighted by Gasteiger charge is -2.40.